The number of rotatable bonds is 4. The minimum Gasteiger partial charge on any atom is -0.487 e. The number of ether oxygens (including phenoxy) is 1. The summed E-state index contributed by atoms with van der Waals surface area (Å²) in [5.41, 5.74) is 7.44. The number of halogens is 1. The summed E-state index contributed by atoms with van der Waals surface area (Å²) in [6, 6.07) is 6.35. The maximum absolute atomic E-state index is 13.6. The fourth-order valence-corrected chi connectivity index (χ4v) is 1.91. The Hall–Kier alpha value is -1.95. The van der Waals surface area contributed by atoms with Crippen molar-refractivity contribution >= 4 is 17.2 Å². The molecular weight excluding hydrogens is 265 g/mol. The van der Waals surface area contributed by atoms with Crippen LogP contribution in [-0.2, 0) is 13.7 Å². The van der Waals surface area contributed by atoms with Crippen molar-refractivity contribution in [1.82, 2.24) is 9.78 Å². The Labute approximate surface area is 116 Å². The minimum atomic E-state index is -0.480. The van der Waals surface area contributed by atoms with Gasteiger partial charge in [0.2, 0.25) is 0 Å². The van der Waals surface area contributed by atoms with E-state index < -0.39 is 5.82 Å². The number of hydrogen-bond acceptors (Lipinski definition) is 3. The van der Waals surface area contributed by atoms with E-state index in [-0.39, 0.29) is 10.6 Å². The van der Waals surface area contributed by atoms with Crippen LogP contribution in [0.4, 0.5) is 4.39 Å². The predicted molar refractivity (Wildman–Crippen MR) is 74.6 cm³/mol. The van der Waals surface area contributed by atoms with Gasteiger partial charge in [0.25, 0.3) is 0 Å². The van der Waals surface area contributed by atoms with Gasteiger partial charge in [-0.15, -0.1) is 0 Å². The molecule has 0 saturated carbocycles. The molecule has 1 heterocycles. The number of nitrogens with zero attached hydrogens (tertiary/aromatic N) is 2. The Morgan fingerprint density at radius 1 is 1.47 bits per heavy atom. The Kier molecular flexibility index (Phi) is 3.80. The van der Waals surface area contributed by atoms with Crippen molar-refractivity contribution in [3.63, 3.8) is 0 Å². The van der Waals surface area contributed by atoms with Crippen LogP contribution in [0.15, 0.2) is 24.3 Å². The highest BCUT2D eigenvalue weighted by Crippen LogP contribution is 2.18. The highest BCUT2D eigenvalue weighted by atomic mass is 32.1. The largest absolute Gasteiger partial charge is 0.487 e. The van der Waals surface area contributed by atoms with Gasteiger partial charge >= 0.3 is 0 Å². The molecule has 4 nitrogen and oxygen atoms in total. The third-order valence-corrected chi connectivity index (χ3v) is 2.91. The summed E-state index contributed by atoms with van der Waals surface area (Å²) in [7, 11) is 1.84. The highest BCUT2D eigenvalue weighted by molar-refractivity contribution is 7.80. The summed E-state index contributed by atoms with van der Waals surface area (Å²) in [5, 5.41) is 4.21. The molecule has 0 amide bonds. The van der Waals surface area contributed by atoms with Crippen LogP contribution in [0.25, 0.3) is 0 Å². The molecule has 0 bridgehead atoms. The molecule has 0 aliphatic carbocycles. The average molecular weight is 279 g/mol. The van der Waals surface area contributed by atoms with Gasteiger partial charge in [0, 0.05) is 18.7 Å². The van der Waals surface area contributed by atoms with E-state index in [9.17, 15) is 4.39 Å². The van der Waals surface area contributed by atoms with Crippen molar-refractivity contribution in [2.45, 2.75) is 13.5 Å². The van der Waals surface area contributed by atoms with Gasteiger partial charge in [-0.3, -0.25) is 4.68 Å². The Morgan fingerprint density at radius 3 is 2.74 bits per heavy atom. The number of aryl methyl sites for hydroxylation is 2. The molecule has 0 aliphatic rings. The minimum absolute atomic E-state index is 0.0336. The molecule has 0 spiro atoms. The second kappa shape index (κ2) is 5.36. The smallest absolute Gasteiger partial charge is 0.137 e. The van der Waals surface area contributed by atoms with Gasteiger partial charge in [0.05, 0.1) is 11.4 Å². The quantitative estimate of drug-likeness (QED) is 0.871. The number of hydrogen-bond donors (Lipinski definition) is 1. The molecule has 6 heteroatoms. The second-order valence-electron chi connectivity index (χ2n) is 4.20. The van der Waals surface area contributed by atoms with E-state index in [1.807, 2.05) is 20.0 Å². The summed E-state index contributed by atoms with van der Waals surface area (Å²) in [5.74, 6) is -0.0532. The van der Waals surface area contributed by atoms with E-state index in [2.05, 4.69) is 5.10 Å². The van der Waals surface area contributed by atoms with Crippen LogP contribution in [0, 0.1) is 12.7 Å². The number of thiocarbonyl (C=S) groups is 1. The summed E-state index contributed by atoms with van der Waals surface area (Å²) in [4.78, 5) is 0.0336. The van der Waals surface area contributed by atoms with Gasteiger partial charge in [-0.1, -0.05) is 12.2 Å². The van der Waals surface area contributed by atoms with E-state index in [0.29, 0.717) is 12.4 Å². The van der Waals surface area contributed by atoms with Crippen molar-refractivity contribution in [3.8, 4) is 5.75 Å². The van der Waals surface area contributed by atoms with Gasteiger partial charge in [-0.2, -0.15) is 5.10 Å². The molecule has 1 aromatic heterocycles. The summed E-state index contributed by atoms with van der Waals surface area (Å²) < 4.78 is 20.9. The molecule has 2 rings (SSSR count). The van der Waals surface area contributed by atoms with E-state index in [1.165, 1.54) is 12.1 Å². The molecule has 0 unspecified atom stereocenters. The topological polar surface area (TPSA) is 53.1 Å². The van der Waals surface area contributed by atoms with Crippen molar-refractivity contribution in [2.75, 3.05) is 0 Å². The molecule has 0 aliphatic heterocycles. The Balaban J connectivity index is 2.10. The van der Waals surface area contributed by atoms with Crippen molar-refractivity contribution in [2.24, 2.45) is 12.8 Å². The molecule has 100 valence electrons. The maximum atomic E-state index is 13.6. The van der Waals surface area contributed by atoms with Gasteiger partial charge < -0.3 is 10.5 Å². The lowest BCUT2D eigenvalue weighted by molar-refractivity contribution is 0.293. The van der Waals surface area contributed by atoms with E-state index in [1.54, 1.807) is 10.7 Å². The zero-order chi connectivity index (χ0) is 14.0. The number of nitrogens with two attached hydrogens (primary N) is 1. The zero-order valence-corrected chi connectivity index (χ0v) is 11.5. The van der Waals surface area contributed by atoms with E-state index >= 15 is 0 Å². The van der Waals surface area contributed by atoms with Crippen LogP contribution in [0.3, 0.4) is 0 Å². The molecule has 2 aromatic rings. The van der Waals surface area contributed by atoms with Gasteiger partial charge in [0.15, 0.2) is 0 Å². The normalized spacial score (nSPS) is 10.5. The van der Waals surface area contributed by atoms with E-state index in [0.717, 1.165) is 11.4 Å². The van der Waals surface area contributed by atoms with Crippen molar-refractivity contribution in [3.05, 3.63) is 47.0 Å². The van der Waals surface area contributed by atoms with Gasteiger partial charge in [0.1, 0.15) is 23.2 Å². The summed E-state index contributed by atoms with van der Waals surface area (Å²) >= 11 is 4.74. The third-order valence-electron chi connectivity index (χ3n) is 2.69. The zero-order valence-electron chi connectivity index (χ0n) is 10.7. The first kappa shape index (κ1) is 13.5. The van der Waals surface area contributed by atoms with Crippen LogP contribution >= 0.6 is 12.2 Å². The number of benzene rings is 1. The SMILES string of the molecule is Cc1cc(COc2ccc(C(N)=S)c(F)c2)n(C)n1. The second-order valence-corrected chi connectivity index (χ2v) is 4.64. The first-order valence-electron chi connectivity index (χ1n) is 5.69. The van der Waals surface area contributed by atoms with Crippen LogP contribution in [0.2, 0.25) is 0 Å². The molecular formula is C13H14FN3OS. The molecule has 19 heavy (non-hydrogen) atoms. The first-order valence-corrected chi connectivity index (χ1v) is 6.10. The molecule has 0 radical (unpaired) electrons. The lowest BCUT2D eigenvalue weighted by Crippen LogP contribution is -2.11. The summed E-state index contributed by atoms with van der Waals surface area (Å²) in [6.07, 6.45) is 0. The first-order chi connectivity index (χ1) is 8.97. The lowest BCUT2D eigenvalue weighted by atomic mass is 10.2. The molecule has 0 fully saturated rings. The monoisotopic (exact) mass is 279 g/mol. The van der Waals surface area contributed by atoms with Crippen LogP contribution in [0.5, 0.6) is 5.75 Å². The molecule has 0 saturated heterocycles. The van der Waals surface area contributed by atoms with Crippen molar-refractivity contribution in [1.29, 1.82) is 0 Å². The van der Waals surface area contributed by atoms with Crippen LogP contribution in [0.1, 0.15) is 17.0 Å². The fourth-order valence-electron chi connectivity index (χ4n) is 1.74. The van der Waals surface area contributed by atoms with Crippen molar-refractivity contribution < 1.29 is 9.13 Å². The van der Waals surface area contributed by atoms with Crippen LogP contribution in [-0.4, -0.2) is 14.8 Å². The van der Waals surface area contributed by atoms with Gasteiger partial charge in [-0.25, -0.2) is 4.39 Å². The standard InChI is InChI=1S/C13H14FN3OS/c1-8-5-9(17(2)16-8)7-18-10-3-4-11(13(15)19)12(14)6-10/h3-6H,7H2,1-2H3,(H2,15,19). The maximum Gasteiger partial charge on any atom is 0.137 e. The Morgan fingerprint density at radius 2 is 2.21 bits per heavy atom. The highest BCUT2D eigenvalue weighted by Gasteiger charge is 2.08. The fraction of sp³-hybridized carbons (Fsp3) is 0.231. The van der Waals surface area contributed by atoms with E-state index in [4.69, 9.17) is 22.7 Å². The molecule has 0 atom stereocenters. The van der Waals surface area contributed by atoms with Crippen LogP contribution < -0.4 is 10.5 Å². The summed E-state index contributed by atoms with van der Waals surface area (Å²) in [6.45, 7) is 2.23. The predicted octanol–water partition coefficient (Wildman–Crippen LogP) is 2.08. The number of aromatic nitrogens is 2. The molecule has 1 aromatic carbocycles. The van der Waals surface area contributed by atoms with Gasteiger partial charge in [-0.05, 0) is 25.1 Å². The lowest BCUT2D eigenvalue weighted by Gasteiger charge is -2.08. The Bertz CT molecular complexity index is 624. The average Bonchev–Trinajstić information content (AvgIpc) is 2.65. The molecule has 2 N–H and O–H groups in total. The third kappa shape index (κ3) is 3.08.